The second-order valence-corrected chi connectivity index (χ2v) is 3.14. The molecule has 3 heteroatoms. The summed E-state index contributed by atoms with van der Waals surface area (Å²) in [5, 5.41) is 8.69. The Morgan fingerprint density at radius 3 is 2.69 bits per heavy atom. The summed E-state index contributed by atoms with van der Waals surface area (Å²) >= 11 is 0. The molecule has 0 spiro atoms. The van der Waals surface area contributed by atoms with Gasteiger partial charge in [-0.3, -0.25) is 0 Å². The van der Waals surface area contributed by atoms with Crippen molar-refractivity contribution >= 4 is 0 Å². The molecule has 0 aromatic heterocycles. The lowest BCUT2D eigenvalue weighted by Gasteiger charge is -2.03. The van der Waals surface area contributed by atoms with Gasteiger partial charge in [0.05, 0.1) is 12.0 Å². The highest BCUT2D eigenvalue weighted by Crippen LogP contribution is 2.35. The zero-order valence-corrected chi connectivity index (χ0v) is 6.85. The lowest BCUT2D eigenvalue weighted by atomic mass is 10.0. The summed E-state index contributed by atoms with van der Waals surface area (Å²) < 4.78 is 26.3. The fourth-order valence-electron chi connectivity index (χ4n) is 1.80. The summed E-state index contributed by atoms with van der Waals surface area (Å²) in [5.41, 5.74) is 0.647. The lowest BCUT2D eigenvalue weighted by molar-refractivity contribution is 0.582. The van der Waals surface area contributed by atoms with Crippen LogP contribution in [0.15, 0.2) is 12.1 Å². The first-order valence-electron chi connectivity index (χ1n) is 4.10. The zero-order valence-electron chi connectivity index (χ0n) is 6.85. The number of benzene rings is 1. The van der Waals surface area contributed by atoms with Crippen molar-refractivity contribution in [2.24, 2.45) is 0 Å². The predicted octanol–water partition coefficient (Wildman–Crippen LogP) is 2.52. The van der Waals surface area contributed by atoms with Gasteiger partial charge in [-0.15, -0.1) is 0 Å². The van der Waals surface area contributed by atoms with Crippen LogP contribution in [0.2, 0.25) is 0 Å². The van der Waals surface area contributed by atoms with E-state index in [-0.39, 0.29) is 5.56 Å². The van der Waals surface area contributed by atoms with Gasteiger partial charge in [0.15, 0.2) is 0 Å². The van der Waals surface area contributed by atoms with Crippen molar-refractivity contribution in [3.8, 4) is 6.07 Å². The minimum Gasteiger partial charge on any atom is -0.207 e. The van der Waals surface area contributed by atoms with E-state index >= 15 is 0 Å². The van der Waals surface area contributed by atoms with Crippen LogP contribution in [-0.2, 0) is 6.42 Å². The summed E-state index contributed by atoms with van der Waals surface area (Å²) in [7, 11) is 0. The molecule has 0 radical (unpaired) electrons. The zero-order chi connectivity index (χ0) is 9.42. The molecule has 13 heavy (non-hydrogen) atoms. The first-order valence-corrected chi connectivity index (χ1v) is 4.10. The Kier molecular flexibility index (Phi) is 1.77. The molecule has 0 amide bonds. The first kappa shape index (κ1) is 8.18. The largest absolute Gasteiger partial charge is 0.207 e. The SMILES string of the molecule is N#CC1CCc2c(F)ccc(F)c21. The molecule has 1 unspecified atom stereocenters. The topological polar surface area (TPSA) is 23.8 Å². The van der Waals surface area contributed by atoms with Crippen LogP contribution in [0.5, 0.6) is 0 Å². The third-order valence-corrected chi connectivity index (χ3v) is 2.43. The smallest absolute Gasteiger partial charge is 0.128 e. The van der Waals surface area contributed by atoms with E-state index in [1.165, 1.54) is 0 Å². The molecule has 66 valence electrons. The van der Waals surface area contributed by atoms with E-state index < -0.39 is 17.6 Å². The van der Waals surface area contributed by atoms with Gasteiger partial charge in [0, 0.05) is 5.56 Å². The van der Waals surface area contributed by atoms with Crippen LogP contribution in [0.25, 0.3) is 0 Å². The third kappa shape index (κ3) is 1.10. The molecule has 0 saturated heterocycles. The molecule has 1 nitrogen and oxygen atoms in total. The molecule has 0 heterocycles. The Morgan fingerprint density at radius 1 is 1.31 bits per heavy atom. The van der Waals surface area contributed by atoms with Crippen molar-refractivity contribution in [1.29, 1.82) is 5.26 Å². The number of rotatable bonds is 0. The predicted molar refractivity (Wildman–Crippen MR) is 43.0 cm³/mol. The van der Waals surface area contributed by atoms with E-state index in [0.29, 0.717) is 18.4 Å². The van der Waals surface area contributed by atoms with Crippen molar-refractivity contribution in [3.05, 3.63) is 34.9 Å². The van der Waals surface area contributed by atoms with E-state index in [4.69, 9.17) is 5.26 Å². The van der Waals surface area contributed by atoms with Gasteiger partial charge in [0.25, 0.3) is 0 Å². The monoisotopic (exact) mass is 179 g/mol. The van der Waals surface area contributed by atoms with Crippen molar-refractivity contribution in [2.75, 3.05) is 0 Å². The van der Waals surface area contributed by atoms with Crippen LogP contribution >= 0.6 is 0 Å². The number of hydrogen-bond donors (Lipinski definition) is 0. The van der Waals surface area contributed by atoms with Gasteiger partial charge in [-0.1, -0.05) is 0 Å². The fourth-order valence-corrected chi connectivity index (χ4v) is 1.80. The molecule has 1 atom stereocenters. The van der Waals surface area contributed by atoms with Gasteiger partial charge in [-0.25, -0.2) is 8.78 Å². The molecule has 0 N–H and O–H groups in total. The highest BCUT2D eigenvalue weighted by molar-refractivity contribution is 5.40. The van der Waals surface area contributed by atoms with Crippen LogP contribution in [0.4, 0.5) is 8.78 Å². The van der Waals surface area contributed by atoms with Crippen LogP contribution in [0, 0.1) is 23.0 Å². The molecule has 1 aliphatic carbocycles. The first-order chi connectivity index (χ1) is 6.24. The van der Waals surface area contributed by atoms with E-state index in [1.807, 2.05) is 6.07 Å². The Bertz CT molecular complexity index is 393. The molecule has 0 aliphatic heterocycles. The lowest BCUT2D eigenvalue weighted by Crippen LogP contribution is -1.96. The highest BCUT2D eigenvalue weighted by atomic mass is 19.1. The maximum Gasteiger partial charge on any atom is 0.128 e. The van der Waals surface area contributed by atoms with Gasteiger partial charge in [-0.2, -0.15) is 5.26 Å². The van der Waals surface area contributed by atoms with E-state index in [2.05, 4.69) is 0 Å². The highest BCUT2D eigenvalue weighted by Gasteiger charge is 2.28. The Labute approximate surface area is 74.6 Å². The minimum atomic E-state index is -0.467. The number of fused-ring (bicyclic) bond motifs is 1. The Hall–Kier alpha value is -1.43. The second-order valence-electron chi connectivity index (χ2n) is 3.14. The normalized spacial score (nSPS) is 19.6. The van der Waals surface area contributed by atoms with Crippen molar-refractivity contribution < 1.29 is 8.78 Å². The second kappa shape index (κ2) is 2.81. The van der Waals surface area contributed by atoms with E-state index in [0.717, 1.165) is 12.1 Å². The molecule has 0 saturated carbocycles. The van der Waals surface area contributed by atoms with Crippen LogP contribution in [0.3, 0.4) is 0 Å². The summed E-state index contributed by atoms with van der Waals surface area (Å²) in [4.78, 5) is 0. The molecule has 0 fully saturated rings. The molecule has 0 bridgehead atoms. The fraction of sp³-hybridized carbons (Fsp3) is 0.300. The average molecular weight is 179 g/mol. The van der Waals surface area contributed by atoms with Crippen LogP contribution in [0.1, 0.15) is 23.5 Å². The van der Waals surface area contributed by atoms with Gasteiger partial charge >= 0.3 is 0 Å². The van der Waals surface area contributed by atoms with E-state index in [1.54, 1.807) is 0 Å². The molecule has 2 rings (SSSR count). The standard InChI is InChI=1S/C10H7F2N/c11-8-3-4-9(12)10-6(5-13)1-2-7(8)10/h3-4,6H,1-2H2. The third-order valence-electron chi connectivity index (χ3n) is 2.43. The van der Waals surface area contributed by atoms with Gasteiger partial charge in [0.1, 0.15) is 11.6 Å². The minimum absolute atomic E-state index is 0.266. The number of nitrogens with zero attached hydrogens (tertiary/aromatic N) is 1. The average Bonchev–Trinajstić information content (AvgIpc) is 2.56. The Balaban J connectivity index is 2.63. The Morgan fingerprint density at radius 2 is 2.00 bits per heavy atom. The summed E-state index contributed by atoms with van der Waals surface area (Å²) in [5.74, 6) is -1.32. The molecular formula is C10H7F2N. The van der Waals surface area contributed by atoms with Crippen LogP contribution in [-0.4, -0.2) is 0 Å². The summed E-state index contributed by atoms with van der Waals surface area (Å²) in [6.45, 7) is 0. The van der Waals surface area contributed by atoms with Gasteiger partial charge in [0.2, 0.25) is 0 Å². The number of nitriles is 1. The molecule has 1 aliphatic rings. The van der Waals surface area contributed by atoms with E-state index in [9.17, 15) is 8.78 Å². The van der Waals surface area contributed by atoms with Crippen molar-refractivity contribution in [2.45, 2.75) is 18.8 Å². The van der Waals surface area contributed by atoms with Crippen molar-refractivity contribution in [1.82, 2.24) is 0 Å². The maximum absolute atomic E-state index is 13.2. The van der Waals surface area contributed by atoms with Crippen molar-refractivity contribution in [3.63, 3.8) is 0 Å². The van der Waals surface area contributed by atoms with Gasteiger partial charge in [-0.05, 0) is 30.5 Å². The summed E-state index contributed by atoms with van der Waals surface area (Å²) in [6.07, 6.45) is 1.00. The molecule has 1 aromatic rings. The molecule has 1 aromatic carbocycles. The number of hydrogen-bond acceptors (Lipinski definition) is 1. The van der Waals surface area contributed by atoms with Crippen LogP contribution < -0.4 is 0 Å². The summed E-state index contributed by atoms with van der Waals surface area (Å²) in [6, 6.07) is 4.19. The molecular weight excluding hydrogens is 172 g/mol. The quantitative estimate of drug-likeness (QED) is 0.600. The van der Waals surface area contributed by atoms with Gasteiger partial charge < -0.3 is 0 Å². The number of halogens is 2. The maximum atomic E-state index is 13.2.